The third-order valence-corrected chi connectivity index (χ3v) is 22.1. The quantitative estimate of drug-likeness (QED) is 0.0677. The molecular weight excluding hydrogens is 1690 g/mol. The van der Waals surface area contributed by atoms with Crippen molar-refractivity contribution >= 4 is 39.1 Å². The van der Waals surface area contributed by atoms with Gasteiger partial charge in [-0.1, -0.05) is 54.6 Å². The number of aromatic amines is 2. The van der Waals surface area contributed by atoms with Crippen molar-refractivity contribution in [1.29, 1.82) is 0 Å². The Balaban J connectivity index is 0.000000113. The Bertz CT molecular complexity index is 7780. The number of aromatic nitrogens is 20. The molecule has 0 radical (unpaired) electrons. The molecule has 0 saturated carbocycles. The largest absolute Gasteiger partial charge is 0.491 e. The summed E-state index contributed by atoms with van der Waals surface area (Å²) >= 11 is 0. The summed E-state index contributed by atoms with van der Waals surface area (Å²) in [7, 11) is 0. The van der Waals surface area contributed by atoms with E-state index < -0.39 is 0 Å². The molecule has 0 amide bonds. The van der Waals surface area contributed by atoms with E-state index in [4.69, 9.17) is 23.7 Å². The Hall–Kier alpha value is -17.0. The molecule has 15 heterocycles. The summed E-state index contributed by atoms with van der Waals surface area (Å²) in [4.78, 5) is 40.8. The summed E-state index contributed by atoms with van der Waals surface area (Å²) in [6.07, 6.45) is 32.8. The Morgan fingerprint density at radius 1 is 0.311 bits per heavy atom. The third-order valence-electron chi connectivity index (χ3n) is 22.1. The molecule has 0 aliphatic carbocycles. The first-order valence-corrected chi connectivity index (χ1v) is 44.7. The van der Waals surface area contributed by atoms with E-state index in [1.165, 1.54) is 12.1 Å². The molecule has 0 fully saturated rings. The molecule has 0 atom stereocenters. The zero-order chi connectivity index (χ0) is 93.2. The minimum atomic E-state index is -0.268. The van der Waals surface area contributed by atoms with E-state index in [0.29, 0.717) is 0 Å². The lowest BCUT2D eigenvalue weighted by Crippen LogP contribution is -2.05. The van der Waals surface area contributed by atoms with E-state index in [1.54, 1.807) is 29.2 Å². The van der Waals surface area contributed by atoms with E-state index in [1.807, 2.05) is 317 Å². The van der Waals surface area contributed by atoms with Crippen LogP contribution < -0.4 is 23.7 Å². The number of pyridine rings is 5. The summed E-state index contributed by atoms with van der Waals surface area (Å²) < 4.78 is 53.6. The maximum atomic E-state index is 13.2. The Labute approximate surface area is 779 Å². The Kier molecular flexibility index (Phi) is 26.1. The van der Waals surface area contributed by atoms with E-state index in [-0.39, 0.29) is 36.3 Å². The highest BCUT2D eigenvalue weighted by molar-refractivity contribution is 5.94. The summed E-state index contributed by atoms with van der Waals surface area (Å²) in [5, 5.41) is 19.4. The fourth-order valence-electron chi connectivity index (χ4n) is 15.8. The zero-order valence-corrected chi connectivity index (χ0v) is 76.7. The lowest BCUT2D eigenvalue weighted by Gasteiger charge is -2.10. The van der Waals surface area contributed by atoms with Crippen LogP contribution in [0.15, 0.2) is 342 Å². The molecule has 22 rings (SSSR count). The number of nitrogens with one attached hydrogen (secondary N) is 2. The third kappa shape index (κ3) is 20.6. The predicted octanol–water partition coefficient (Wildman–Crippen LogP) is 24.4. The van der Waals surface area contributed by atoms with Gasteiger partial charge in [-0.25, -0.2) is 44.0 Å². The topological polar surface area (TPSA) is 259 Å². The second-order valence-electron chi connectivity index (χ2n) is 33.7. The number of ether oxygens (including phenoxy) is 5. The van der Waals surface area contributed by atoms with Crippen LogP contribution in [0.4, 0.5) is 4.39 Å². The summed E-state index contributed by atoms with van der Waals surface area (Å²) in [6.45, 7) is 24.2. The molecule has 0 bridgehead atoms. The normalized spacial score (nSPS) is 11.3. The Morgan fingerprint density at radius 3 is 1.16 bits per heavy atom. The SMILES string of the molecule is CC(C)Oc1ccc(-c2cc3ncc(-c4ccnc5ccccc45)n3cn2)cc1.CC(C)Oc1ccc(-c2ccn3c(-c4cn[nH]c4)cnc3c2)cc1.CC(C)Oc1ccc(-c2ccn3c(-c4cnn(-c5ccc(F)cc5)c4)cnc3c2)cc1.Cc1[nH]ncc1-c1cnc2cc(-c3ccc(OC(C)C)cc3)ccn12.Cc1cc(-c2cnc3cc(-c4ccc(OC(C)C)cc4)ncn23)ccn1. The van der Waals surface area contributed by atoms with Gasteiger partial charge in [0, 0.05) is 111 Å². The van der Waals surface area contributed by atoms with Gasteiger partial charge in [-0.3, -0.25) is 42.2 Å². The van der Waals surface area contributed by atoms with Crippen molar-refractivity contribution in [3.8, 4) is 147 Å². The minimum absolute atomic E-state index is 0.151. The van der Waals surface area contributed by atoms with E-state index in [0.717, 1.165) is 197 Å². The second kappa shape index (κ2) is 39.7. The molecule has 15 aromatic heterocycles. The molecule has 25 nitrogen and oxygen atoms in total. The van der Waals surface area contributed by atoms with Gasteiger partial charge in [-0.05, 0) is 286 Å². The number of hydrogen-bond donors (Lipinski definition) is 2. The maximum Gasteiger partial charge on any atom is 0.140 e. The smallest absolute Gasteiger partial charge is 0.140 e. The number of para-hydroxylation sites is 1. The van der Waals surface area contributed by atoms with Crippen molar-refractivity contribution in [2.45, 2.75) is 114 Å². The van der Waals surface area contributed by atoms with Gasteiger partial charge < -0.3 is 23.7 Å². The van der Waals surface area contributed by atoms with Crippen molar-refractivity contribution in [2.24, 2.45) is 0 Å². The summed E-state index contributed by atoms with van der Waals surface area (Å²) in [5.41, 5.74) is 28.9. The van der Waals surface area contributed by atoms with Crippen LogP contribution in [0.1, 0.15) is 80.6 Å². The molecule has 22 aromatic rings. The van der Waals surface area contributed by atoms with Crippen LogP contribution >= 0.6 is 0 Å². The van der Waals surface area contributed by atoms with Crippen LogP contribution in [0.3, 0.4) is 0 Å². The standard InChI is InChI=1S/C25H21FN4O.C24H20N4O.C21H20N4O.C20H20N4O.C19H18N4O/c1-17(2)31-23-9-3-18(4-10-23)19-11-12-29-24(15-27-25(29)13-19)20-14-28-30(16-20)22-7-5-21(26)6-8-22;1-16(2)29-18-9-7-17(8-10-18)22-13-24-26-14-23(28(24)15-27-22)20-11-12-25-21-6-4-3-5-19(20)21;1-14(2)26-18-6-4-16(5-7-18)19-11-21-23-12-20(25(21)13-24-19)17-8-9-22-15(3)10-17;1-13(2)25-17-6-4-15(5-7-17)16-8-9-24-19(12-21-20(24)10-16)18-11-22-23-14(18)3;1-13(2)24-17-5-3-14(4-6-17)15-7-8-23-18(12-20-19(23)9-15)16-10-21-22-11-16/h3-17H,1-2H3;3-16H,1-2H3;4-14H,1-3H3;4-13H,1-3H3,(H,22,23);3-13H,1-2H3,(H,21,22). The molecule has 2 N–H and O–H groups in total. The number of fused-ring (bicyclic) bond motifs is 6. The van der Waals surface area contributed by atoms with Crippen LogP contribution in [0.2, 0.25) is 0 Å². The molecule has 7 aromatic carbocycles. The highest BCUT2D eigenvalue weighted by Crippen LogP contribution is 2.36. The maximum absolute atomic E-state index is 13.2. The molecule has 26 heteroatoms. The first kappa shape index (κ1) is 88.6. The lowest BCUT2D eigenvalue weighted by atomic mass is 10.1. The summed E-state index contributed by atoms with van der Waals surface area (Å²) in [5.74, 6) is 4.09. The average molecular weight is 1790 g/mol. The van der Waals surface area contributed by atoms with Crippen molar-refractivity contribution < 1.29 is 28.1 Å². The first-order chi connectivity index (χ1) is 65.7. The van der Waals surface area contributed by atoms with Gasteiger partial charge >= 0.3 is 0 Å². The van der Waals surface area contributed by atoms with Gasteiger partial charge in [-0.2, -0.15) is 15.3 Å². The highest BCUT2D eigenvalue weighted by atomic mass is 19.1. The molecule has 0 aliphatic rings. The number of benzene rings is 7. The van der Waals surface area contributed by atoms with Gasteiger partial charge in [0.2, 0.25) is 0 Å². The number of H-pyrrole nitrogens is 2. The van der Waals surface area contributed by atoms with Gasteiger partial charge in [0.25, 0.3) is 0 Å². The molecule has 0 unspecified atom stereocenters. The molecular formula is C109H99FN20O5. The monoisotopic (exact) mass is 1790 g/mol. The molecule has 0 saturated heterocycles. The second-order valence-corrected chi connectivity index (χ2v) is 33.7. The number of rotatable bonds is 21. The number of aryl methyl sites for hydroxylation is 2. The molecule has 672 valence electrons. The molecule has 0 spiro atoms. The van der Waals surface area contributed by atoms with Crippen LogP contribution in [0.25, 0.3) is 157 Å². The molecule has 0 aliphatic heterocycles. The van der Waals surface area contributed by atoms with Crippen molar-refractivity contribution in [3.63, 3.8) is 0 Å². The fourth-order valence-corrected chi connectivity index (χ4v) is 15.8. The van der Waals surface area contributed by atoms with E-state index >= 15 is 0 Å². The number of nitrogens with zero attached hydrogens (tertiary/aromatic N) is 18. The van der Waals surface area contributed by atoms with Crippen molar-refractivity contribution in [3.05, 3.63) is 359 Å². The van der Waals surface area contributed by atoms with Crippen LogP contribution in [0, 0.1) is 19.7 Å². The predicted molar refractivity (Wildman–Crippen MR) is 529 cm³/mol. The van der Waals surface area contributed by atoms with E-state index in [2.05, 4.69) is 164 Å². The summed E-state index contributed by atoms with van der Waals surface area (Å²) in [6, 6.07) is 77.3. The van der Waals surface area contributed by atoms with E-state index in [9.17, 15) is 4.39 Å². The van der Waals surface area contributed by atoms with Gasteiger partial charge in [0.1, 0.15) is 75.5 Å². The Morgan fingerprint density at radius 2 is 0.719 bits per heavy atom. The van der Waals surface area contributed by atoms with Crippen LogP contribution in [-0.4, -0.2) is 128 Å². The average Bonchev–Trinajstić information content (AvgIpc) is 1.66. The number of imidazole rings is 5. The van der Waals surface area contributed by atoms with Gasteiger partial charge in [0.05, 0.1) is 131 Å². The minimum Gasteiger partial charge on any atom is -0.491 e. The van der Waals surface area contributed by atoms with Gasteiger partial charge in [-0.15, -0.1) is 0 Å². The van der Waals surface area contributed by atoms with Crippen LogP contribution in [-0.2, 0) is 0 Å². The highest BCUT2D eigenvalue weighted by Gasteiger charge is 2.19. The van der Waals surface area contributed by atoms with Crippen molar-refractivity contribution in [1.82, 2.24) is 97.0 Å². The van der Waals surface area contributed by atoms with Crippen LogP contribution in [0.5, 0.6) is 28.7 Å². The van der Waals surface area contributed by atoms with Gasteiger partial charge in [0.15, 0.2) is 0 Å². The molecule has 135 heavy (non-hydrogen) atoms. The van der Waals surface area contributed by atoms with Crippen molar-refractivity contribution in [2.75, 3.05) is 0 Å². The lowest BCUT2D eigenvalue weighted by molar-refractivity contribution is 0.242. The first-order valence-electron chi connectivity index (χ1n) is 44.7. The zero-order valence-electron chi connectivity index (χ0n) is 76.7. The number of halogens is 1. The number of hydrogen-bond acceptors (Lipinski definition) is 17. The fraction of sp³-hybridized carbons (Fsp3) is 0.156.